The van der Waals surface area contributed by atoms with Gasteiger partial charge in [-0.2, -0.15) is 0 Å². The third-order valence-electron chi connectivity index (χ3n) is 6.17. The summed E-state index contributed by atoms with van der Waals surface area (Å²) < 4.78 is 7.58. The summed E-state index contributed by atoms with van der Waals surface area (Å²) in [5, 5.41) is 42.1. The number of hydrogen-bond acceptors (Lipinski definition) is 5. The number of halogens is 1. The smallest absolute Gasteiger partial charge is 0.163 e. The summed E-state index contributed by atoms with van der Waals surface area (Å²) >= 11 is 6.60. The highest BCUT2D eigenvalue weighted by Gasteiger charge is 2.44. The maximum Gasteiger partial charge on any atom is 0.163 e. The zero-order chi connectivity index (χ0) is 22.3. The SMILES string of the molecule is CCc1ccc(Cc2cn([C@@H]3O[C@H](CO)[C@@H](O)[C@H](O)[C@H]3O)c3c(C)ccc(Cl)c23)cc1. The van der Waals surface area contributed by atoms with Crippen LogP contribution in [0.5, 0.6) is 0 Å². The van der Waals surface area contributed by atoms with Crippen LogP contribution in [-0.4, -0.2) is 56.0 Å². The molecule has 0 bridgehead atoms. The molecular formula is C24H28ClNO5. The molecule has 7 heteroatoms. The van der Waals surface area contributed by atoms with Gasteiger partial charge in [-0.25, -0.2) is 0 Å². The van der Waals surface area contributed by atoms with Gasteiger partial charge in [-0.05, 0) is 48.1 Å². The van der Waals surface area contributed by atoms with Gasteiger partial charge < -0.3 is 29.7 Å². The Morgan fingerprint density at radius 2 is 1.65 bits per heavy atom. The van der Waals surface area contributed by atoms with Crippen molar-refractivity contribution in [2.45, 2.75) is 57.3 Å². The van der Waals surface area contributed by atoms with E-state index in [0.29, 0.717) is 11.4 Å². The van der Waals surface area contributed by atoms with Crippen LogP contribution >= 0.6 is 11.6 Å². The van der Waals surface area contributed by atoms with E-state index in [-0.39, 0.29) is 0 Å². The summed E-state index contributed by atoms with van der Waals surface area (Å²) in [6.45, 7) is 3.58. The molecule has 2 heterocycles. The first-order valence-corrected chi connectivity index (χ1v) is 10.9. The largest absolute Gasteiger partial charge is 0.394 e. The van der Waals surface area contributed by atoms with Crippen LogP contribution in [0, 0.1) is 6.92 Å². The van der Waals surface area contributed by atoms with E-state index in [1.807, 2.05) is 25.3 Å². The predicted molar refractivity (Wildman–Crippen MR) is 119 cm³/mol. The molecule has 4 rings (SSSR count). The second kappa shape index (κ2) is 8.90. The summed E-state index contributed by atoms with van der Waals surface area (Å²) in [7, 11) is 0. The first-order valence-electron chi connectivity index (χ1n) is 10.5. The number of aryl methyl sites for hydroxylation is 2. The molecule has 6 nitrogen and oxygen atoms in total. The van der Waals surface area contributed by atoms with Gasteiger partial charge in [-0.1, -0.05) is 48.9 Å². The van der Waals surface area contributed by atoms with Crippen LogP contribution in [0.1, 0.15) is 35.4 Å². The Hall–Kier alpha value is -1.93. The molecule has 5 atom stereocenters. The second-order valence-electron chi connectivity index (χ2n) is 8.22. The summed E-state index contributed by atoms with van der Waals surface area (Å²) in [5.74, 6) is 0. The highest BCUT2D eigenvalue weighted by atomic mass is 35.5. The van der Waals surface area contributed by atoms with E-state index < -0.39 is 37.3 Å². The summed E-state index contributed by atoms with van der Waals surface area (Å²) in [5.41, 5.74) is 5.08. The van der Waals surface area contributed by atoms with E-state index in [4.69, 9.17) is 16.3 Å². The topological polar surface area (TPSA) is 95.1 Å². The molecule has 2 aromatic carbocycles. The molecular weight excluding hydrogens is 418 g/mol. The monoisotopic (exact) mass is 445 g/mol. The molecule has 0 spiro atoms. The molecule has 0 saturated carbocycles. The van der Waals surface area contributed by atoms with Gasteiger partial charge in [-0.15, -0.1) is 0 Å². The molecule has 0 aliphatic carbocycles. The Kier molecular flexibility index (Phi) is 6.40. The minimum Gasteiger partial charge on any atom is -0.394 e. The quantitative estimate of drug-likeness (QED) is 0.484. The molecule has 166 valence electrons. The molecule has 31 heavy (non-hydrogen) atoms. The molecule has 3 aromatic rings. The predicted octanol–water partition coefficient (Wildman–Crippen LogP) is 2.73. The fourth-order valence-corrected chi connectivity index (χ4v) is 4.64. The van der Waals surface area contributed by atoms with Gasteiger partial charge in [0.05, 0.1) is 17.1 Å². The Bertz CT molecular complexity index is 1060. The number of aliphatic hydroxyl groups is 4. The summed E-state index contributed by atoms with van der Waals surface area (Å²) in [4.78, 5) is 0. The van der Waals surface area contributed by atoms with Crippen LogP contribution in [0.25, 0.3) is 10.9 Å². The van der Waals surface area contributed by atoms with Crippen LogP contribution in [-0.2, 0) is 17.6 Å². The second-order valence-corrected chi connectivity index (χ2v) is 8.62. The van der Waals surface area contributed by atoms with Crippen molar-refractivity contribution in [2.75, 3.05) is 6.61 Å². The average molecular weight is 446 g/mol. The van der Waals surface area contributed by atoms with Gasteiger partial charge in [0, 0.05) is 11.6 Å². The lowest BCUT2D eigenvalue weighted by Crippen LogP contribution is -2.56. The Balaban J connectivity index is 1.81. The Morgan fingerprint density at radius 1 is 0.968 bits per heavy atom. The number of rotatable bonds is 5. The van der Waals surface area contributed by atoms with E-state index in [2.05, 4.69) is 31.2 Å². The zero-order valence-corrected chi connectivity index (χ0v) is 18.3. The maximum atomic E-state index is 10.7. The third-order valence-corrected chi connectivity index (χ3v) is 6.49. The van der Waals surface area contributed by atoms with Crippen molar-refractivity contribution < 1.29 is 25.2 Å². The number of aliphatic hydroxyl groups excluding tert-OH is 4. The fraction of sp³-hybridized carbons (Fsp3) is 0.417. The highest BCUT2D eigenvalue weighted by molar-refractivity contribution is 6.35. The molecule has 1 saturated heterocycles. The zero-order valence-electron chi connectivity index (χ0n) is 17.6. The molecule has 1 aliphatic heterocycles. The number of fused-ring (bicyclic) bond motifs is 1. The van der Waals surface area contributed by atoms with Gasteiger partial charge in [-0.3, -0.25) is 0 Å². The van der Waals surface area contributed by atoms with Crippen molar-refractivity contribution in [1.82, 2.24) is 4.57 Å². The number of aromatic nitrogens is 1. The summed E-state index contributed by atoms with van der Waals surface area (Å²) in [6.07, 6.45) is -2.70. The van der Waals surface area contributed by atoms with Crippen molar-refractivity contribution in [3.05, 3.63) is 69.9 Å². The maximum absolute atomic E-state index is 10.7. The lowest BCUT2D eigenvalue weighted by Gasteiger charge is -2.40. The molecule has 0 unspecified atom stereocenters. The Labute approximate surface area is 186 Å². The van der Waals surface area contributed by atoms with Crippen molar-refractivity contribution in [3.8, 4) is 0 Å². The highest BCUT2D eigenvalue weighted by Crippen LogP contribution is 2.38. The van der Waals surface area contributed by atoms with Crippen molar-refractivity contribution >= 4 is 22.5 Å². The first-order chi connectivity index (χ1) is 14.8. The van der Waals surface area contributed by atoms with Crippen LogP contribution in [0.2, 0.25) is 5.02 Å². The van der Waals surface area contributed by atoms with E-state index in [1.54, 1.807) is 4.57 Å². The van der Waals surface area contributed by atoms with E-state index >= 15 is 0 Å². The third kappa shape index (κ3) is 4.00. The van der Waals surface area contributed by atoms with Gasteiger partial charge in [0.1, 0.15) is 24.4 Å². The van der Waals surface area contributed by atoms with Crippen LogP contribution in [0.3, 0.4) is 0 Å². The van der Waals surface area contributed by atoms with Crippen LogP contribution < -0.4 is 0 Å². The van der Waals surface area contributed by atoms with E-state index in [0.717, 1.165) is 34.0 Å². The number of ether oxygens (including phenoxy) is 1. The number of nitrogens with zero attached hydrogens (tertiary/aromatic N) is 1. The summed E-state index contributed by atoms with van der Waals surface area (Å²) in [6, 6.07) is 12.2. The normalized spacial score (nSPS) is 26.5. The molecule has 0 amide bonds. The van der Waals surface area contributed by atoms with E-state index in [1.165, 1.54) is 5.56 Å². The molecule has 4 N–H and O–H groups in total. The van der Waals surface area contributed by atoms with Crippen molar-refractivity contribution in [3.63, 3.8) is 0 Å². The first kappa shape index (κ1) is 22.3. The number of benzene rings is 2. The van der Waals surface area contributed by atoms with Crippen LogP contribution in [0.15, 0.2) is 42.6 Å². The lowest BCUT2D eigenvalue weighted by molar-refractivity contribution is -0.250. The van der Waals surface area contributed by atoms with Crippen molar-refractivity contribution in [1.29, 1.82) is 0 Å². The minimum atomic E-state index is -1.45. The standard InChI is InChI=1S/C24H28ClNO5/c1-3-14-5-7-15(8-6-14)10-16-11-26(20-13(2)4-9-17(25)19(16)20)24-23(30)22(29)21(28)18(12-27)31-24/h4-9,11,18,21-24,27-30H,3,10,12H2,1-2H3/t18-,21-,22+,23-,24-/m1/s1. The lowest BCUT2D eigenvalue weighted by atomic mass is 9.98. The molecule has 0 radical (unpaired) electrons. The van der Waals surface area contributed by atoms with Gasteiger partial charge in [0.2, 0.25) is 0 Å². The average Bonchev–Trinajstić information content (AvgIpc) is 3.15. The van der Waals surface area contributed by atoms with Gasteiger partial charge in [0.15, 0.2) is 6.23 Å². The molecule has 1 aliphatic rings. The van der Waals surface area contributed by atoms with Gasteiger partial charge in [0.25, 0.3) is 0 Å². The van der Waals surface area contributed by atoms with E-state index in [9.17, 15) is 20.4 Å². The van der Waals surface area contributed by atoms with Crippen molar-refractivity contribution in [2.24, 2.45) is 0 Å². The van der Waals surface area contributed by atoms with Crippen LogP contribution in [0.4, 0.5) is 0 Å². The molecule has 1 aromatic heterocycles. The molecule has 1 fully saturated rings. The number of hydrogen-bond donors (Lipinski definition) is 4. The minimum absolute atomic E-state index is 0.475. The van der Waals surface area contributed by atoms with Gasteiger partial charge >= 0.3 is 0 Å². The Morgan fingerprint density at radius 3 is 2.29 bits per heavy atom. The fourth-order valence-electron chi connectivity index (χ4n) is 4.37.